The summed E-state index contributed by atoms with van der Waals surface area (Å²) in [4.78, 5) is 16.5. The number of nitrogens with zero attached hydrogens (tertiary/aromatic N) is 2. The summed E-state index contributed by atoms with van der Waals surface area (Å²) in [6, 6.07) is 7.08. The van der Waals surface area contributed by atoms with Crippen molar-refractivity contribution in [2.24, 2.45) is 0 Å². The van der Waals surface area contributed by atoms with Crippen molar-refractivity contribution in [3.8, 4) is 5.88 Å². The van der Waals surface area contributed by atoms with Crippen molar-refractivity contribution in [1.29, 1.82) is 0 Å². The van der Waals surface area contributed by atoms with Crippen LogP contribution in [0.4, 0.5) is 4.79 Å². The van der Waals surface area contributed by atoms with Crippen molar-refractivity contribution in [2.45, 2.75) is 30.2 Å². The highest BCUT2D eigenvalue weighted by Gasteiger charge is 2.27. The van der Waals surface area contributed by atoms with Crippen LogP contribution < -0.4 is 10.1 Å². The highest BCUT2D eigenvalue weighted by molar-refractivity contribution is 7.89. The zero-order valence-electron chi connectivity index (χ0n) is 14.5. The van der Waals surface area contributed by atoms with Crippen LogP contribution in [0.2, 0.25) is 0 Å². The minimum Gasteiger partial charge on any atom is -0.391 e. The molecule has 1 aliphatic carbocycles. The lowest BCUT2D eigenvalue weighted by Gasteiger charge is -2.25. The van der Waals surface area contributed by atoms with Crippen LogP contribution in [-0.4, -0.2) is 42.9 Å². The maximum Gasteiger partial charge on any atom is 0.414 e. The molecule has 9 heteroatoms. The van der Waals surface area contributed by atoms with E-state index in [4.69, 9.17) is 4.74 Å². The quantitative estimate of drug-likeness (QED) is 0.826. The van der Waals surface area contributed by atoms with Crippen molar-refractivity contribution in [3.05, 3.63) is 46.8 Å². The minimum atomic E-state index is -3.45. The number of hydrogen-bond acceptors (Lipinski definition) is 6. The van der Waals surface area contributed by atoms with Gasteiger partial charge in [-0.05, 0) is 42.3 Å². The van der Waals surface area contributed by atoms with Crippen LogP contribution in [0.3, 0.4) is 0 Å². The lowest BCUT2D eigenvalue weighted by atomic mass is 10.1. The predicted octanol–water partition coefficient (Wildman–Crippen LogP) is 2.87. The van der Waals surface area contributed by atoms with E-state index >= 15 is 0 Å². The molecule has 7 nitrogen and oxygen atoms in total. The lowest BCUT2D eigenvalue weighted by molar-refractivity contribution is 0.198. The van der Waals surface area contributed by atoms with Crippen LogP contribution in [0.25, 0.3) is 5.57 Å². The molecule has 4 rings (SSSR count). The Hall–Kier alpha value is -2.23. The summed E-state index contributed by atoms with van der Waals surface area (Å²) in [5.41, 5.74) is 1.64. The van der Waals surface area contributed by atoms with Crippen LogP contribution >= 0.6 is 11.3 Å². The number of rotatable bonds is 5. The van der Waals surface area contributed by atoms with Crippen molar-refractivity contribution >= 4 is 33.0 Å². The standard InChI is InChI=1S/C18H19N3O4S2/c22-18(19-14-4-5-14)25-17-3-1-2-16(20-17)13-6-9-21(10-7-13)27(23,24)15-8-11-26-12-15/h1-3,6,8,11-12,14H,4-5,7,9-10H2,(H,19,22). The number of sulfonamides is 1. The van der Waals surface area contributed by atoms with Gasteiger partial charge in [-0.3, -0.25) is 0 Å². The van der Waals surface area contributed by atoms with Gasteiger partial charge in [0, 0.05) is 30.6 Å². The van der Waals surface area contributed by atoms with Crippen LogP contribution in [0.5, 0.6) is 5.88 Å². The SMILES string of the molecule is O=C(NC1CC1)Oc1cccc(C2=CCN(S(=O)(=O)c3ccsc3)CC2)n1. The number of hydrogen-bond donors (Lipinski definition) is 1. The highest BCUT2D eigenvalue weighted by atomic mass is 32.2. The van der Waals surface area contributed by atoms with Crippen LogP contribution in [0, 0.1) is 0 Å². The molecule has 1 fully saturated rings. The predicted molar refractivity (Wildman–Crippen MR) is 102 cm³/mol. The molecular weight excluding hydrogens is 386 g/mol. The summed E-state index contributed by atoms with van der Waals surface area (Å²) in [5, 5.41) is 6.15. The normalized spacial score (nSPS) is 18.0. The van der Waals surface area contributed by atoms with E-state index in [9.17, 15) is 13.2 Å². The Labute approximate surface area is 161 Å². The van der Waals surface area contributed by atoms with Crippen LogP contribution in [-0.2, 0) is 10.0 Å². The number of carbonyl (C=O) groups is 1. The Kier molecular flexibility index (Phi) is 4.98. The first kappa shape index (κ1) is 18.1. The third-order valence-corrected chi connectivity index (χ3v) is 7.15. The van der Waals surface area contributed by atoms with Crippen molar-refractivity contribution in [2.75, 3.05) is 13.1 Å². The third kappa shape index (κ3) is 4.20. The van der Waals surface area contributed by atoms with Gasteiger partial charge < -0.3 is 10.1 Å². The fourth-order valence-electron chi connectivity index (χ4n) is 2.82. The first-order chi connectivity index (χ1) is 13.0. The second kappa shape index (κ2) is 7.41. The van der Waals surface area contributed by atoms with E-state index in [2.05, 4.69) is 10.3 Å². The zero-order valence-corrected chi connectivity index (χ0v) is 16.1. The molecule has 1 aliphatic heterocycles. The summed E-state index contributed by atoms with van der Waals surface area (Å²) >= 11 is 1.36. The molecule has 2 aromatic rings. The summed E-state index contributed by atoms with van der Waals surface area (Å²) < 4.78 is 31.9. The molecule has 0 radical (unpaired) electrons. The molecule has 1 amide bonds. The maximum atomic E-state index is 12.6. The van der Waals surface area contributed by atoms with E-state index in [1.54, 1.807) is 29.0 Å². The smallest absolute Gasteiger partial charge is 0.391 e. The number of pyridine rings is 1. The number of amides is 1. The molecule has 2 aromatic heterocycles. The zero-order chi connectivity index (χ0) is 18.9. The van der Waals surface area contributed by atoms with E-state index in [0.717, 1.165) is 18.4 Å². The fourth-order valence-corrected chi connectivity index (χ4v) is 5.21. The summed E-state index contributed by atoms with van der Waals surface area (Å²) in [6.07, 6.45) is 3.89. The van der Waals surface area contributed by atoms with Gasteiger partial charge in [0.05, 0.1) is 10.6 Å². The van der Waals surface area contributed by atoms with E-state index in [1.165, 1.54) is 15.6 Å². The van der Waals surface area contributed by atoms with Crippen LogP contribution in [0.15, 0.2) is 46.0 Å². The Balaban J connectivity index is 1.44. The van der Waals surface area contributed by atoms with Gasteiger partial charge in [-0.15, -0.1) is 0 Å². The largest absolute Gasteiger partial charge is 0.414 e. The van der Waals surface area contributed by atoms with Crippen LogP contribution in [0.1, 0.15) is 25.0 Å². The van der Waals surface area contributed by atoms with Gasteiger partial charge >= 0.3 is 6.09 Å². The number of carbonyl (C=O) groups excluding carboxylic acids is 1. The molecule has 1 saturated carbocycles. The molecule has 0 saturated heterocycles. The van der Waals surface area contributed by atoms with Gasteiger partial charge in [0.25, 0.3) is 0 Å². The Morgan fingerprint density at radius 1 is 1.30 bits per heavy atom. The second-order valence-corrected chi connectivity index (χ2v) is 9.19. The Bertz CT molecular complexity index is 966. The first-order valence-electron chi connectivity index (χ1n) is 8.69. The molecule has 0 aromatic carbocycles. The Morgan fingerprint density at radius 3 is 2.81 bits per heavy atom. The lowest BCUT2D eigenvalue weighted by Crippen LogP contribution is -2.34. The molecule has 0 bridgehead atoms. The number of thiophene rings is 1. The summed E-state index contributed by atoms with van der Waals surface area (Å²) in [5.74, 6) is 0.236. The molecule has 0 unspecified atom stereocenters. The molecule has 27 heavy (non-hydrogen) atoms. The van der Waals surface area contributed by atoms with Crippen molar-refractivity contribution in [3.63, 3.8) is 0 Å². The van der Waals surface area contributed by atoms with Gasteiger partial charge in [0.2, 0.25) is 15.9 Å². The number of ether oxygens (including phenoxy) is 1. The minimum absolute atomic E-state index is 0.220. The molecule has 3 heterocycles. The average molecular weight is 406 g/mol. The van der Waals surface area contributed by atoms with Gasteiger partial charge in [0.1, 0.15) is 0 Å². The monoisotopic (exact) mass is 405 g/mol. The van der Waals surface area contributed by atoms with E-state index in [0.29, 0.717) is 30.1 Å². The molecule has 0 spiro atoms. The summed E-state index contributed by atoms with van der Waals surface area (Å²) in [6.45, 7) is 0.682. The van der Waals surface area contributed by atoms with Gasteiger partial charge in [0.15, 0.2) is 0 Å². The third-order valence-electron chi connectivity index (χ3n) is 4.45. The first-order valence-corrected chi connectivity index (χ1v) is 11.1. The number of nitrogens with one attached hydrogen (secondary N) is 1. The van der Waals surface area contributed by atoms with Gasteiger partial charge in [-0.2, -0.15) is 15.6 Å². The van der Waals surface area contributed by atoms with Gasteiger partial charge in [-0.25, -0.2) is 18.2 Å². The molecule has 1 N–H and O–H groups in total. The second-order valence-electron chi connectivity index (χ2n) is 6.47. The van der Waals surface area contributed by atoms with E-state index in [-0.39, 0.29) is 11.9 Å². The molecule has 0 atom stereocenters. The average Bonchev–Trinajstić information content (AvgIpc) is 3.29. The molecular formula is C18H19N3O4S2. The summed E-state index contributed by atoms with van der Waals surface area (Å²) in [7, 11) is -3.45. The van der Waals surface area contributed by atoms with E-state index < -0.39 is 16.1 Å². The van der Waals surface area contributed by atoms with Gasteiger partial charge in [-0.1, -0.05) is 12.1 Å². The highest BCUT2D eigenvalue weighted by Crippen LogP contribution is 2.27. The maximum absolute atomic E-state index is 12.6. The molecule has 2 aliphatic rings. The van der Waals surface area contributed by atoms with Crippen molar-refractivity contribution in [1.82, 2.24) is 14.6 Å². The fraction of sp³-hybridized carbons (Fsp3) is 0.333. The number of aromatic nitrogens is 1. The van der Waals surface area contributed by atoms with E-state index in [1.807, 2.05) is 12.1 Å². The topological polar surface area (TPSA) is 88.6 Å². The molecule has 142 valence electrons. The van der Waals surface area contributed by atoms with Crippen molar-refractivity contribution < 1.29 is 17.9 Å². The Morgan fingerprint density at radius 2 is 2.15 bits per heavy atom.